The van der Waals surface area contributed by atoms with Gasteiger partial charge in [-0.25, -0.2) is 5.10 Å². The number of aromatic amines is 1. The molecule has 0 aliphatic carbocycles. The average molecular weight is 199 g/mol. The molecule has 5 N–H and O–H groups in total. The van der Waals surface area contributed by atoms with Crippen molar-refractivity contribution in [3.05, 3.63) is 28.2 Å². The number of aromatic nitrogens is 2. The second-order valence-corrected chi connectivity index (χ2v) is 2.64. The average Bonchev–Trinajstić information content (AvgIpc) is 2.16. The molecular weight excluding hydrogens is 190 g/mol. The summed E-state index contributed by atoms with van der Waals surface area (Å²) in [4.78, 5) is 21.1. The first kappa shape index (κ1) is 10.4. The Morgan fingerprint density at radius 2 is 2.14 bits per heavy atom. The summed E-state index contributed by atoms with van der Waals surface area (Å²) >= 11 is 0. The Labute approximate surface area is 78.2 Å². The van der Waals surface area contributed by atoms with Crippen molar-refractivity contribution >= 4 is 5.91 Å². The number of amides is 1. The number of carbonyl (C=O) groups is 1. The lowest BCUT2D eigenvalue weighted by Gasteiger charge is -2.12. The molecule has 0 spiro atoms. The van der Waals surface area contributed by atoms with Crippen LogP contribution in [0.2, 0.25) is 0 Å². The molecule has 0 fully saturated rings. The molecule has 1 heterocycles. The number of hydrogen-bond donors (Lipinski definition) is 4. The van der Waals surface area contributed by atoms with Crippen LogP contribution in [0.25, 0.3) is 0 Å². The highest BCUT2D eigenvalue weighted by molar-refractivity contribution is 5.79. The number of hydrogen-bond acceptors (Lipinski definition) is 5. The molecule has 0 saturated heterocycles. The zero-order valence-corrected chi connectivity index (χ0v) is 7.04. The predicted octanol–water partition coefficient (Wildman–Crippen LogP) is -2.35. The van der Waals surface area contributed by atoms with Crippen molar-refractivity contribution in [3.8, 4) is 0 Å². The minimum atomic E-state index is -1.74. The van der Waals surface area contributed by atoms with Crippen LogP contribution < -0.4 is 11.3 Å². The molecule has 7 nitrogen and oxygen atoms in total. The van der Waals surface area contributed by atoms with Crippen LogP contribution in [0, 0.1) is 0 Å². The van der Waals surface area contributed by atoms with Gasteiger partial charge in [-0.1, -0.05) is 0 Å². The van der Waals surface area contributed by atoms with Crippen molar-refractivity contribution in [2.75, 3.05) is 0 Å². The maximum Gasteiger partial charge on any atom is 0.264 e. The Bertz CT molecular complexity index is 368. The van der Waals surface area contributed by atoms with E-state index in [9.17, 15) is 14.7 Å². The number of aliphatic hydroxyl groups is 2. The van der Waals surface area contributed by atoms with Crippen LogP contribution >= 0.6 is 0 Å². The highest BCUT2D eigenvalue weighted by atomic mass is 16.3. The van der Waals surface area contributed by atoms with Gasteiger partial charge in [0.15, 0.2) is 6.10 Å². The molecule has 0 radical (unpaired) electrons. The number of nitrogens with zero attached hydrogens (tertiary/aromatic N) is 1. The molecule has 0 aliphatic rings. The summed E-state index contributed by atoms with van der Waals surface area (Å²) in [7, 11) is 0. The van der Waals surface area contributed by atoms with Crippen molar-refractivity contribution in [3.63, 3.8) is 0 Å². The van der Waals surface area contributed by atoms with E-state index in [0.717, 1.165) is 6.07 Å². The van der Waals surface area contributed by atoms with Crippen molar-refractivity contribution in [1.29, 1.82) is 0 Å². The maximum atomic E-state index is 10.6. The molecule has 0 aromatic carbocycles. The molecule has 7 heteroatoms. The summed E-state index contributed by atoms with van der Waals surface area (Å²) in [6, 6.07) is 2.30. The van der Waals surface area contributed by atoms with Crippen molar-refractivity contribution in [1.82, 2.24) is 10.2 Å². The van der Waals surface area contributed by atoms with Gasteiger partial charge in [0.1, 0.15) is 6.10 Å². The normalized spacial score (nSPS) is 14.7. The summed E-state index contributed by atoms with van der Waals surface area (Å²) < 4.78 is 0. The number of primary amides is 1. The molecule has 1 aromatic rings. The quantitative estimate of drug-likeness (QED) is 0.433. The van der Waals surface area contributed by atoms with Gasteiger partial charge in [0.05, 0.1) is 5.69 Å². The smallest absolute Gasteiger partial charge is 0.264 e. The summed E-state index contributed by atoms with van der Waals surface area (Å²) in [5, 5.41) is 23.8. The first-order chi connectivity index (χ1) is 6.52. The van der Waals surface area contributed by atoms with E-state index in [0.29, 0.717) is 0 Å². The standard InChI is InChI=1S/C7H9N3O4/c8-7(14)6(13)5(12)3-1-2-4(11)10-9-3/h1-2,5-6,12-13H,(H2,8,14)(H,10,11). The predicted molar refractivity (Wildman–Crippen MR) is 45.0 cm³/mol. The van der Waals surface area contributed by atoms with Crippen LogP contribution in [0.5, 0.6) is 0 Å². The molecule has 1 rings (SSSR count). The molecule has 2 atom stereocenters. The van der Waals surface area contributed by atoms with Gasteiger partial charge < -0.3 is 15.9 Å². The van der Waals surface area contributed by atoms with Gasteiger partial charge in [-0.05, 0) is 6.07 Å². The summed E-state index contributed by atoms with van der Waals surface area (Å²) in [5.41, 5.74) is 4.27. The maximum absolute atomic E-state index is 10.6. The number of H-pyrrole nitrogens is 1. The Balaban J connectivity index is 2.89. The van der Waals surface area contributed by atoms with Crippen molar-refractivity contribution < 1.29 is 15.0 Å². The number of aliphatic hydroxyl groups excluding tert-OH is 2. The fraction of sp³-hybridized carbons (Fsp3) is 0.286. The van der Waals surface area contributed by atoms with E-state index in [-0.39, 0.29) is 5.69 Å². The van der Waals surface area contributed by atoms with Gasteiger partial charge in [0.2, 0.25) is 5.91 Å². The van der Waals surface area contributed by atoms with Crippen LogP contribution in [-0.4, -0.2) is 32.4 Å². The van der Waals surface area contributed by atoms with Crippen LogP contribution in [0.4, 0.5) is 0 Å². The zero-order chi connectivity index (χ0) is 10.7. The largest absolute Gasteiger partial charge is 0.383 e. The van der Waals surface area contributed by atoms with Crippen LogP contribution in [0.15, 0.2) is 16.9 Å². The van der Waals surface area contributed by atoms with E-state index in [1.807, 2.05) is 5.10 Å². The van der Waals surface area contributed by atoms with Crippen molar-refractivity contribution in [2.24, 2.45) is 5.73 Å². The second-order valence-electron chi connectivity index (χ2n) is 2.64. The molecule has 0 saturated carbocycles. The third-order valence-corrected chi connectivity index (χ3v) is 1.59. The summed E-state index contributed by atoms with van der Waals surface area (Å²) in [6.45, 7) is 0. The molecule has 14 heavy (non-hydrogen) atoms. The minimum Gasteiger partial charge on any atom is -0.383 e. The Kier molecular flexibility index (Phi) is 2.95. The Morgan fingerprint density at radius 3 is 2.57 bits per heavy atom. The van der Waals surface area contributed by atoms with E-state index in [1.54, 1.807) is 0 Å². The minimum absolute atomic E-state index is 0.0316. The fourth-order valence-corrected chi connectivity index (χ4v) is 0.837. The van der Waals surface area contributed by atoms with E-state index in [1.165, 1.54) is 6.07 Å². The lowest BCUT2D eigenvalue weighted by Crippen LogP contribution is -2.34. The molecule has 76 valence electrons. The lowest BCUT2D eigenvalue weighted by atomic mass is 10.1. The van der Waals surface area contributed by atoms with Crippen LogP contribution in [0.3, 0.4) is 0 Å². The highest BCUT2D eigenvalue weighted by Gasteiger charge is 2.24. The van der Waals surface area contributed by atoms with E-state index < -0.39 is 23.7 Å². The zero-order valence-electron chi connectivity index (χ0n) is 7.04. The number of rotatable bonds is 3. The van der Waals surface area contributed by atoms with Gasteiger partial charge in [-0.3, -0.25) is 9.59 Å². The Morgan fingerprint density at radius 1 is 1.50 bits per heavy atom. The topological polar surface area (TPSA) is 129 Å². The number of nitrogens with two attached hydrogens (primary N) is 1. The monoisotopic (exact) mass is 199 g/mol. The molecular formula is C7H9N3O4. The van der Waals surface area contributed by atoms with Gasteiger partial charge in [-0.15, -0.1) is 0 Å². The SMILES string of the molecule is NC(=O)C(O)C(O)c1ccc(=O)[nH]n1. The number of carbonyl (C=O) groups excluding carboxylic acids is 1. The van der Waals surface area contributed by atoms with Gasteiger partial charge in [0.25, 0.3) is 5.56 Å². The molecule has 0 aliphatic heterocycles. The summed E-state index contributed by atoms with van der Waals surface area (Å²) in [6.07, 6.45) is -3.28. The van der Waals surface area contributed by atoms with Crippen LogP contribution in [0.1, 0.15) is 11.8 Å². The van der Waals surface area contributed by atoms with Gasteiger partial charge >= 0.3 is 0 Å². The first-order valence-corrected chi connectivity index (χ1v) is 3.73. The lowest BCUT2D eigenvalue weighted by molar-refractivity contribution is -0.132. The van der Waals surface area contributed by atoms with E-state index >= 15 is 0 Å². The summed E-state index contributed by atoms with van der Waals surface area (Å²) in [5.74, 6) is -1.06. The molecule has 0 bridgehead atoms. The highest BCUT2D eigenvalue weighted by Crippen LogP contribution is 2.11. The number of nitrogens with one attached hydrogen (secondary N) is 1. The first-order valence-electron chi connectivity index (χ1n) is 3.73. The molecule has 1 amide bonds. The van der Waals surface area contributed by atoms with Gasteiger partial charge in [0, 0.05) is 6.07 Å². The van der Waals surface area contributed by atoms with E-state index in [2.05, 4.69) is 5.10 Å². The van der Waals surface area contributed by atoms with Crippen LogP contribution in [-0.2, 0) is 4.79 Å². The van der Waals surface area contributed by atoms with E-state index in [4.69, 9.17) is 10.8 Å². The second kappa shape index (κ2) is 3.99. The molecule has 1 aromatic heterocycles. The van der Waals surface area contributed by atoms with Crippen molar-refractivity contribution in [2.45, 2.75) is 12.2 Å². The molecule has 2 unspecified atom stereocenters. The Hall–Kier alpha value is -1.73. The third kappa shape index (κ3) is 2.15. The third-order valence-electron chi connectivity index (χ3n) is 1.59. The van der Waals surface area contributed by atoms with Gasteiger partial charge in [-0.2, -0.15) is 5.10 Å². The fourth-order valence-electron chi connectivity index (χ4n) is 0.837.